The summed E-state index contributed by atoms with van der Waals surface area (Å²) in [4.78, 5) is 39.4. The molecule has 2 fully saturated rings. The first-order chi connectivity index (χ1) is 13.4. The largest absolute Gasteiger partial charge is 0.480 e. The Morgan fingerprint density at radius 3 is 2.79 bits per heavy atom. The molecular formula is C19H19FN2O4S2. The van der Waals surface area contributed by atoms with Crippen molar-refractivity contribution in [3.05, 3.63) is 40.6 Å². The second kappa shape index (κ2) is 8.83. The maximum Gasteiger partial charge on any atom is 0.326 e. The Labute approximate surface area is 171 Å². The number of thioether (sulfide) groups is 1. The van der Waals surface area contributed by atoms with Crippen LogP contribution in [-0.4, -0.2) is 56.1 Å². The van der Waals surface area contributed by atoms with Crippen LogP contribution in [0.1, 0.15) is 31.2 Å². The van der Waals surface area contributed by atoms with Crippen LogP contribution in [0.5, 0.6) is 0 Å². The van der Waals surface area contributed by atoms with Crippen LogP contribution in [0.15, 0.2) is 29.2 Å². The number of carboxylic acid groups (broad SMARTS) is 1. The van der Waals surface area contributed by atoms with Gasteiger partial charge in [0.2, 0.25) is 5.91 Å². The van der Waals surface area contributed by atoms with Gasteiger partial charge in [-0.1, -0.05) is 42.2 Å². The Hall–Kier alpha value is -2.26. The highest BCUT2D eigenvalue weighted by atomic mass is 32.2. The third-order valence-electron chi connectivity index (χ3n) is 4.72. The molecule has 0 aromatic heterocycles. The summed E-state index contributed by atoms with van der Waals surface area (Å²) in [5.41, 5.74) is 0.289. The SMILES string of the molecule is O=C(O)C1CCCCN1C(=O)CCN1C(=O)C(=Cc2ccccc2F)SC1=S. The Morgan fingerprint density at radius 1 is 1.32 bits per heavy atom. The molecule has 0 radical (unpaired) electrons. The summed E-state index contributed by atoms with van der Waals surface area (Å²) in [7, 11) is 0. The molecule has 2 saturated heterocycles. The quantitative estimate of drug-likeness (QED) is 0.581. The highest BCUT2D eigenvalue weighted by Crippen LogP contribution is 2.33. The highest BCUT2D eigenvalue weighted by Gasteiger charge is 2.35. The van der Waals surface area contributed by atoms with Gasteiger partial charge in [0.15, 0.2) is 0 Å². The molecule has 148 valence electrons. The second-order valence-corrected chi connectivity index (χ2v) is 8.22. The van der Waals surface area contributed by atoms with Crippen LogP contribution < -0.4 is 0 Å². The number of thiocarbonyl (C=S) groups is 1. The number of rotatable bonds is 5. The van der Waals surface area contributed by atoms with Crippen LogP contribution in [0.3, 0.4) is 0 Å². The van der Waals surface area contributed by atoms with E-state index >= 15 is 0 Å². The topological polar surface area (TPSA) is 77.9 Å². The summed E-state index contributed by atoms with van der Waals surface area (Å²) in [5, 5.41) is 9.30. The molecule has 6 nitrogen and oxygen atoms in total. The molecule has 3 rings (SSSR count). The lowest BCUT2D eigenvalue weighted by Crippen LogP contribution is -2.48. The van der Waals surface area contributed by atoms with Crippen LogP contribution in [0.25, 0.3) is 6.08 Å². The minimum absolute atomic E-state index is 0.0107. The van der Waals surface area contributed by atoms with Crippen molar-refractivity contribution in [3.63, 3.8) is 0 Å². The zero-order valence-electron chi connectivity index (χ0n) is 15.0. The summed E-state index contributed by atoms with van der Waals surface area (Å²) in [6, 6.07) is 5.30. The fraction of sp³-hybridized carbons (Fsp3) is 0.368. The maximum absolute atomic E-state index is 13.8. The van der Waals surface area contributed by atoms with Gasteiger partial charge < -0.3 is 10.0 Å². The molecule has 0 spiro atoms. The minimum atomic E-state index is -1.01. The number of piperidine rings is 1. The van der Waals surface area contributed by atoms with E-state index in [0.29, 0.717) is 22.2 Å². The fourth-order valence-corrected chi connectivity index (χ4v) is 4.56. The van der Waals surface area contributed by atoms with Crippen molar-refractivity contribution in [1.29, 1.82) is 0 Å². The van der Waals surface area contributed by atoms with E-state index in [1.807, 2.05) is 0 Å². The lowest BCUT2D eigenvalue weighted by atomic mass is 10.0. The van der Waals surface area contributed by atoms with E-state index in [1.165, 1.54) is 21.9 Å². The van der Waals surface area contributed by atoms with E-state index in [-0.39, 0.29) is 30.3 Å². The zero-order valence-corrected chi connectivity index (χ0v) is 16.6. The standard InChI is InChI=1S/C19H19FN2O4S2/c20-13-6-2-1-5-12(13)11-15-17(24)22(19(27)28-15)10-8-16(23)21-9-4-3-7-14(21)18(25)26/h1-2,5-6,11,14H,3-4,7-10H2,(H,25,26). The van der Waals surface area contributed by atoms with Crippen LogP contribution in [0.4, 0.5) is 4.39 Å². The van der Waals surface area contributed by atoms with E-state index in [0.717, 1.165) is 24.6 Å². The number of carbonyl (C=O) groups is 3. The molecule has 1 aromatic rings. The molecule has 2 aliphatic heterocycles. The lowest BCUT2D eigenvalue weighted by molar-refractivity contribution is -0.152. The third kappa shape index (κ3) is 4.41. The van der Waals surface area contributed by atoms with E-state index in [2.05, 4.69) is 0 Å². The van der Waals surface area contributed by atoms with Gasteiger partial charge in [0, 0.05) is 25.1 Å². The smallest absolute Gasteiger partial charge is 0.326 e. The number of amides is 2. The first-order valence-corrected chi connectivity index (χ1v) is 10.1. The van der Waals surface area contributed by atoms with Gasteiger partial charge in [-0.2, -0.15) is 0 Å². The predicted molar refractivity (Wildman–Crippen MR) is 108 cm³/mol. The Kier molecular flexibility index (Phi) is 6.46. The van der Waals surface area contributed by atoms with Gasteiger partial charge in [-0.05, 0) is 31.4 Å². The Bertz CT molecular complexity index is 858. The summed E-state index contributed by atoms with van der Waals surface area (Å²) >= 11 is 6.29. The van der Waals surface area contributed by atoms with Crippen molar-refractivity contribution in [2.24, 2.45) is 0 Å². The molecule has 28 heavy (non-hydrogen) atoms. The average molecular weight is 423 g/mol. The van der Waals surface area contributed by atoms with Crippen molar-refractivity contribution in [1.82, 2.24) is 9.80 Å². The third-order valence-corrected chi connectivity index (χ3v) is 6.10. The molecular weight excluding hydrogens is 403 g/mol. The number of nitrogens with zero attached hydrogens (tertiary/aromatic N) is 2. The summed E-state index contributed by atoms with van der Waals surface area (Å²) in [6.45, 7) is 0.475. The molecule has 0 saturated carbocycles. The molecule has 1 unspecified atom stereocenters. The highest BCUT2D eigenvalue weighted by molar-refractivity contribution is 8.26. The first kappa shape index (κ1) is 20.5. The van der Waals surface area contributed by atoms with Gasteiger partial charge in [0.25, 0.3) is 5.91 Å². The molecule has 2 heterocycles. The molecule has 1 aromatic carbocycles. The van der Waals surface area contributed by atoms with E-state index in [4.69, 9.17) is 12.2 Å². The Balaban J connectivity index is 1.65. The van der Waals surface area contributed by atoms with Crippen molar-refractivity contribution in [2.75, 3.05) is 13.1 Å². The number of likely N-dealkylation sites (tertiary alicyclic amines) is 1. The molecule has 1 N–H and O–H groups in total. The number of benzene rings is 1. The molecule has 9 heteroatoms. The van der Waals surface area contributed by atoms with E-state index < -0.39 is 17.8 Å². The molecule has 0 aliphatic carbocycles. The molecule has 0 bridgehead atoms. The van der Waals surface area contributed by atoms with E-state index in [9.17, 15) is 23.9 Å². The number of carboxylic acids is 1. The molecule has 1 atom stereocenters. The number of hydrogen-bond acceptors (Lipinski definition) is 5. The number of aliphatic carboxylic acids is 1. The van der Waals surface area contributed by atoms with Gasteiger partial charge in [-0.15, -0.1) is 0 Å². The van der Waals surface area contributed by atoms with Crippen LogP contribution in [0, 0.1) is 5.82 Å². The molecule has 2 amide bonds. The molecule has 2 aliphatic rings. The average Bonchev–Trinajstić information content (AvgIpc) is 2.94. The van der Waals surface area contributed by atoms with Crippen LogP contribution in [0.2, 0.25) is 0 Å². The van der Waals surface area contributed by atoms with Crippen molar-refractivity contribution < 1.29 is 23.9 Å². The summed E-state index contributed by atoms with van der Waals surface area (Å²) in [6.07, 6.45) is 3.41. The number of hydrogen-bond donors (Lipinski definition) is 1. The minimum Gasteiger partial charge on any atom is -0.480 e. The first-order valence-electron chi connectivity index (χ1n) is 8.90. The predicted octanol–water partition coefficient (Wildman–Crippen LogP) is 2.88. The maximum atomic E-state index is 13.8. The monoisotopic (exact) mass is 422 g/mol. The van der Waals surface area contributed by atoms with Crippen molar-refractivity contribution in [2.45, 2.75) is 31.7 Å². The number of halogens is 1. The van der Waals surface area contributed by atoms with Crippen molar-refractivity contribution >= 4 is 52.2 Å². The lowest BCUT2D eigenvalue weighted by Gasteiger charge is -2.33. The summed E-state index contributed by atoms with van der Waals surface area (Å²) in [5.74, 6) is -2.13. The fourth-order valence-electron chi connectivity index (χ4n) is 3.26. The van der Waals surface area contributed by atoms with E-state index in [1.54, 1.807) is 18.2 Å². The number of carbonyl (C=O) groups excluding carboxylic acids is 2. The van der Waals surface area contributed by atoms with Crippen LogP contribution in [-0.2, 0) is 14.4 Å². The van der Waals surface area contributed by atoms with Crippen molar-refractivity contribution in [3.8, 4) is 0 Å². The normalized spacial score (nSPS) is 21.5. The summed E-state index contributed by atoms with van der Waals surface area (Å²) < 4.78 is 14.1. The van der Waals surface area contributed by atoms with Crippen LogP contribution >= 0.6 is 24.0 Å². The van der Waals surface area contributed by atoms with Gasteiger partial charge in [0.05, 0.1) is 4.91 Å². The zero-order chi connectivity index (χ0) is 20.3. The van der Waals surface area contributed by atoms with Gasteiger partial charge in [0.1, 0.15) is 16.2 Å². The van der Waals surface area contributed by atoms with Gasteiger partial charge >= 0.3 is 5.97 Å². The van der Waals surface area contributed by atoms with Gasteiger partial charge in [-0.25, -0.2) is 9.18 Å². The Morgan fingerprint density at radius 2 is 2.07 bits per heavy atom. The van der Waals surface area contributed by atoms with Gasteiger partial charge in [-0.3, -0.25) is 14.5 Å². The second-order valence-electron chi connectivity index (χ2n) is 6.54.